The molecule has 9 heteroatoms. The van der Waals surface area contributed by atoms with Crippen molar-refractivity contribution in [2.45, 2.75) is 17.8 Å². The summed E-state index contributed by atoms with van der Waals surface area (Å²) < 4.78 is 5.44. The van der Waals surface area contributed by atoms with Crippen LogP contribution in [-0.2, 0) is 20.7 Å². The number of thioether (sulfide) groups is 1. The Morgan fingerprint density at radius 3 is 2.63 bits per heavy atom. The summed E-state index contributed by atoms with van der Waals surface area (Å²) in [7, 11) is 2.03. The Kier molecular flexibility index (Phi) is 6.29. The molecular weight excluding hydrogens is 404 g/mol. The summed E-state index contributed by atoms with van der Waals surface area (Å²) in [5, 5.41) is 2.75. The molecule has 0 radical (unpaired) electrons. The molecule has 160 valence electrons. The lowest BCUT2D eigenvalue weighted by molar-refractivity contribution is -0.144. The van der Waals surface area contributed by atoms with E-state index in [0.717, 1.165) is 24.2 Å². The Morgan fingerprint density at radius 1 is 1.17 bits per heavy atom. The molecular formula is C21H26N4O4S. The summed E-state index contributed by atoms with van der Waals surface area (Å²) in [6.07, 6.45) is 1.71. The molecule has 0 saturated carbocycles. The number of likely N-dealkylation sites (N-methyl/N-ethyl adjacent to an activating group) is 1. The molecule has 1 unspecified atom stereocenters. The Balaban J connectivity index is 1.24. The molecule has 1 aromatic carbocycles. The molecule has 4 rings (SSSR count). The molecule has 1 N–H and O–H groups in total. The maximum absolute atomic E-state index is 12.5. The number of nitrogens with one attached hydrogen (secondary N) is 1. The highest BCUT2D eigenvalue weighted by Crippen LogP contribution is 2.36. The molecule has 0 aromatic heterocycles. The van der Waals surface area contributed by atoms with Crippen molar-refractivity contribution in [1.82, 2.24) is 20.0 Å². The molecule has 3 aliphatic heterocycles. The number of piperazine rings is 1. The first-order chi connectivity index (χ1) is 14.5. The van der Waals surface area contributed by atoms with Crippen LogP contribution in [0.15, 0.2) is 42.1 Å². The molecule has 30 heavy (non-hydrogen) atoms. The molecule has 2 fully saturated rings. The van der Waals surface area contributed by atoms with Crippen LogP contribution in [0, 0.1) is 0 Å². The summed E-state index contributed by atoms with van der Waals surface area (Å²) >= 11 is 1.58. The SMILES string of the molecule is CN1CCN(C(=O)OCC2=CN3C(=O)C(NC(=O)Cc4ccccc4)[C@@H]3SC2)CC1. The minimum absolute atomic E-state index is 0.102. The third-order valence-electron chi connectivity index (χ3n) is 5.51. The Labute approximate surface area is 180 Å². The molecule has 1 aromatic rings. The first-order valence-corrected chi connectivity index (χ1v) is 11.1. The standard InChI is InChI=1S/C21H26N4O4S/c1-23-7-9-24(10-8-23)21(28)29-13-16-12-25-19(27)18(20(25)30-14-16)22-17(26)11-15-5-3-2-4-6-15/h2-6,12,18,20H,7-11,13-14H2,1H3,(H,22,26)/t18?,20-/m0/s1. The number of rotatable bonds is 5. The summed E-state index contributed by atoms with van der Waals surface area (Å²) in [5.41, 5.74) is 1.81. The van der Waals surface area contributed by atoms with Gasteiger partial charge in [0.15, 0.2) is 0 Å². The molecule has 3 amide bonds. The number of β-lactam (4-membered cyclic amide) rings is 1. The van der Waals surface area contributed by atoms with Crippen LogP contribution in [0.2, 0.25) is 0 Å². The van der Waals surface area contributed by atoms with Crippen LogP contribution in [0.3, 0.4) is 0 Å². The number of fused-ring (bicyclic) bond motifs is 1. The van der Waals surface area contributed by atoms with E-state index in [1.54, 1.807) is 27.8 Å². The maximum atomic E-state index is 12.5. The third kappa shape index (κ3) is 4.62. The fourth-order valence-electron chi connectivity index (χ4n) is 3.68. The van der Waals surface area contributed by atoms with Gasteiger partial charge in [-0.1, -0.05) is 30.3 Å². The van der Waals surface area contributed by atoms with Crippen LogP contribution in [0.5, 0.6) is 0 Å². The lowest BCUT2D eigenvalue weighted by Gasteiger charge is -2.47. The van der Waals surface area contributed by atoms with E-state index in [-0.39, 0.29) is 36.3 Å². The van der Waals surface area contributed by atoms with Gasteiger partial charge in [-0.15, -0.1) is 11.8 Å². The zero-order chi connectivity index (χ0) is 21.1. The van der Waals surface area contributed by atoms with Crippen LogP contribution >= 0.6 is 11.8 Å². The third-order valence-corrected chi connectivity index (χ3v) is 6.89. The fourth-order valence-corrected chi connectivity index (χ4v) is 4.92. The minimum atomic E-state index is -0.503. The largest absolute Gasteiger partial charge is 0.445 e. The van der Waals surface area contributed by atoms with Crippen LogP contribution in [0.25, 0.3) is 0 Å². The van der Waals surface area contributed by atoms with Gasteiger partial charge in [-0.25, -0.2) is 4.79 Å². The second-order valence-corrected chi connectivity index (χ2v) is 8.89. The number of benzene rings is 1. The van der Waals surface area contributed by atoms with E-state index in [4.69, 9.17) is 4.74 Å². The van der Waals surface area contributed by atoms with Crippen LogP contribution < -0.4 is 5.32 Å². The Bertz CT molecular complexity index is 839. The lowest BCUT2D eigenvalue weighted by atomic mass is 10.1. The van der Waals surface area contributed by atoms with E-state index < -0.39 is 6.04 Å². The number of amides is 3. The lowest BCUT2D eigenvalue weighted by Crippen LogP contribution is -2.68. The Morgan fingerprint density at radius 2 is 1.90 bits per heavy atom. The van der Waals surface area contributed by atoms with Crippen molar-refractivity contribution in [2.24, 2.45) is 0 Å². The highest BCUT2D eigenvalue weighted by molar-refractivity contribution is 8.00. The van der Waals surface area contributed by atoms with Gasteiger partial charge in [-0.3, -0.25) is 9.59 Å². The minimum Gasteiger partial charge on any atom is -0.445 e. The van der Waals surface area contributed by atoms with Crippen molar-refractivity contribution < 1.29 is 19.1 Å². The van der Waals surface area contributed by atoms with Crippen LogP contribution in [0.1, 0.15) is 5.56 Å². The smallest absolute Gasteiger partial charge is 0.410 e. The van der Waals surface area contributed by atoms with E-state index in [0.29, 0.717) is 18.8 Å². The van der Waals surface area contributed by atoms with Gasteiger partial charge < -0.3 is 24.8 Å². The van der Waals surface area contributed by atoms with Crippen molar-refractivity contribution in [3.63, 3.8) is 0 Å². The quantitative estimate of drug-likeness (QED) is 0.699. The Hall–Kier alpha value is -2.52. The number of carbonyl (C=O) groups is 3. The average molecular weight is 431 g/mol. The predicted molar refractivity (Wildman–Crippen MR) is 114 cm³/mol. The first kappa shape index (κ1) is 20.7. The van der Waals surface area contributed by atoms with Crippen molar-refractivity contribution in [3.8, 4) is 0 Å². The topological polar surface area (TPSA) is 82.2 Å². The molecule has 0 spiro atoms. The summed E-state index contributed by atoms with van der Waals surface area (Å²) in [4.78, 5) is 42.5. The van der Waals surface area contributed by atoms with Gasteiger partial charge >= 0.3 is 6.09 Å². The number of hydrogen-bond donors (Lipinski definition) is 1. The molecule has 3 heterocycles. The molecule has 0 aliphatic carbocycles. The van der Waals surface area contributed by atoms with Crippen LogP contribution in [-0.4, -0.2) is 89.6 Å². The van der Waals surface area contributed by atoms with Gasteiger partial charge in [0.1, 0.15) is 18.0 Å². The predicted octanol–water partition coefficient (Wildman–Crippen LogP) is 0.897. The van der Waals surface area contributed by atoms with Crippen molar-refractivity contribution in [2.75, 3.05) is 45.6 Å². The fraction of sp³-hybridized carbons (Fsp3) is 0.476. The zero-order valence-electron chi connectivity index (χ0n) is 17.0. The maximum Gasteiger partial charge on any atom is 0.410 e. The number of ether oxygens (including phenoxy) is 1. The van der Waals surface area contributed by atoms with E-state index in [2.05, 4.69) is 10.2 Å². The van der Waals surface area contributed by atoms with E-state index >= 15 is 0 Å². The second-order valence-electron chi connectivity index (χ2n) is 7.79. The van der Waals surface area contributed by atoms with E-state index in [1.165, 1.54) is 0 Å². The summed E-state index contributed by atoms with van der Waals surface area (Å²) in [6.45, 7) is 3.20. The zero-order valence-corrected chi connectivity index (χ0v) is 17.8. The highest BCUT2D eigenvalue weighted by atomic mass is 32.2. The number of carbonyl (C=O) groups excluding carboxylic acids is 3. The molecule has 0 bridgehead atoms. The monoisotopic (exact) mass is 430 g/mol. The number of hydrogen-bond acceptors (Lipinski definition) is 6. The summed E-state index contributed by atoms with van der Waals surface area (Å²) in [6, 6.07) is 8.96. The normalized spacial score (nSPS) is 23.9. The van der Waals surface area contributed by atoms with Crippen molar-refractivity contribution in [3.05, 3.63) is 47.7 Å². The van der Waals surface area contributed by atoms with Crippen molar-refractivity contribution >= 4 is 29.7 Å². The number of nitrogens with zero attached hydrogens (tertiary/aromatic N) is 3. The van der Waals surface area contributed by atoms with Gasteiger partial charge in [-0.05, 0) is 18.2 Å². The molecule has 2 saturated heterocycles. The van der Waals surface area contributed by atoms with Gasteiger partial charge in [0, 0.05) is 38.1 Å². The highest BCUT2D eigenvalue weighted by Gasteiger charge is 2.49. The molecule has 8 nitrogen and oxygen atoms in total. The second kappa shape index (κ2) is 9.09. The van der Waals surface area contributed by atoms with Crippen molar-refractivity contribution in [1.29, 1.82) is 0 Å². The van der Waals surface area contributed by atoms with Gasteiger partial charge in [0.25, 0.3) is 5.91 Å². The van der Waals surface area contributed by atoms with Gasteiger partial charge in [0.05, 0.1) is 6.42 Å². The van der Waals surface area contributed by atoms with Gasteiger partial charge in [0.2, 0.25) is 5.91 Å². The van der Waals surface area contributed by atoms with Crippen LogP contribution in [0.4, 0.5) is 4.79 Å². The summed E-state index contributed by atoms with van der Waals surface area (Å²) in [5.74, 6) is 0.377. The van der Waals surface area contributed by atoms with E-state index in [9.17, 15) is 14.4 Å². The van der Waals surface area contributed by atoms with E-state index in [1.807, 2.05) is 37.4 Å². The molecule has 3 aliphatic rings. The first-order valence-electron chi connectivity index (χ1n) is 10.1. The molecule has 2 atom stereocenters. The average Bonchev–Trinajstić information content (AvgIpc) is 2.76. The van der Waals surface area contributed by atoms with Gasteiger partial charge in [-0.2, -0.15) is 0 Å².